The fourth-order valence-corrected chi connectivity index (χ4v) is 14.3. The summed E-state index contributed by atoms with van der Waals surface area (Å²) in [6, 6.07) is 45.8. The van der Waals surface area contributed by atoms with Crippen LogP contribution in [0.1, 0.15) is 104 Å². The summed E-state index contributed by atoms with van der Waals surface area (Å²) in [6.07, 6.45) is 2.38. The van der Waals surface area contributed by atoms with Crippen molar-refractivity contribution in [2.75, 3.05) is 4.81 Å². The maximum Gasteiger partial charge on any atom is 0.333 e. The Morgan fingerprint density at radius 2 is 1.19 bits per heavy atom. The molecule has 0 fully saturated rings. The normalized spacial score (nSPS) is 16.5. The molecule has 3 aromatic heterocycles. The quantitative estimate of drug-likeness (QED) is 0.149. The molecule has 0 radical (unpaired) electrons. The number of thiophene rings is 2. The molecule has 63 heavy (non-hydrogen) atoms. The molecule has 2 nitrogen and oxygen atoms in total. The van der Waals surface area contributed by atoms with Crippen molar-refractivity contribution >= 4 is 114 Å². The van der Waals surface area contributed by atoms with Crippen molar-refractivity contribution in [2.24, 2.45) is 0 Å². The highest BCUT2D eigenvalue weighted by molar-refractivity contribution is 7.27. The van der Waals surface area contributed by atoms with Gasteiger partial charge in [-0.3, -0.25) is 0 Å². The summed E-state index contributed by atoms with van der Waals surface area (Å²) in [4.78, 5) is 2.73. The highest BCUT2D eigenvalue weighted by Gasteiger charge is 2.47. The average Bonchev–Trinajstić information content (AvgIpc) is 3.92. The van der Waals surface area contributed by atoms with Crippen molar-refractivity contribution in [2.45, 2.75) is 104 Å². The first-order valence-corrected chi connectivity index (χ1v) is 24.6. The third kappa shape index (κ3) is 5.07. The zero-order valence-corrected chi connectivity index (χ0v) is 39.8. The van der Waals surface area contributed by atoms with Crippen molar-refractivity contribution in [3.05, 3.63) is 138 Å². The molecule has 10 aromatic rings. The maximum atomic E-state index is 2.75. The SMILES string of the molecule is CC(C)(C)c1ccc(N2B3c4cc5c(cc4-n4c6cc7c(cc6c6c8sc9ccccc9c8c(c3c64)-c3cc(C(C)(C)C)ccc32)C(C)(C)CCC7(C)C)sc2ccccc25)cc1. The van der Waals surface area contributed by atoms with Crippen LogP contribution in [0.15, 0.2) is 115 Å². The van der Waals surface area contributed by atoms with E-state index in [1.54, 1.807) is 0 Å². The number of hydrogen-bond acceptors (Lipinski definition) is 3. The Morgan fingerprint density at radius 3 is 1.89 bits per heavy atom. The Hall–Kier alpha value is -5.36. The molecule has 0 saturated carbocycles. The second kappa shape index (κ2) is 12.3. The molecule has 0 N–H and O–H groups in total. The molecule has 5 heteroatoms. The number of nitrogens with zero attached hydrogens (tertiary/aromatic N) is 2. The first-order valence-electron chi connectivity index (χ1n) is 23.0. The van der Waals surface area contributed by atoms with E-state index in [0.717, 1.165) is 0 Å². The Labute approximate surface area is 379 Å². The highest BCUT2D eigenvalue weighted by Crippen LogP contribution is 2.55. The fraction of sp³-hybridized carbons (Fsp3) is 0.276. The van der Waals surface area contributed by atoms with Crippen LogP contribution in [0, 0.1) is 0 Å². The second-order valence-corrected chi connectivity index (χ2v) is 24.5. The van der Waals surface area contributed by atoms with E-state index in [9.17, 15) is 0 Å². The fourth-order valence-electron chi connectivity index (χ4n) is 11.9. The standard InChI is InChI=1S/C58H53BN2S2/c1-55(2,3)32-19-22-34(23-20-32)61-43-24-21-33(56(4,5)6)27-38(43)49-50-36-16-12-14-18-47(36)63-54(50)51-39-28-40-41(58(9,10)26-25-57(40,7)8)30-44(39)60-45-31-48-37(35-15-11-13-17-46(35)62-48)29-42(45)59(61)52(49)53(51)60/h11-24,27-31H,25-26H2,1-10H3. The predicted octanol–water partition coefficient (Wildman–Crippen LogP) is 15.7. The van der Waals surface area contributed by atoms with Gasteiger partial charge >= 0.3 is 6.85 Å². The number of aromatic nitrogens is 1. The molecule has 2 aliphatic heterocycles. The van der Waals surface area contributed by atoms with E-state index >= 15 is 0 Å². The van der Waals surface area contributed by atoms with Crippen molar-refractivity contribution in [3.63, 3.8) is 0 Å². The van der Waals surface area contributed by atoms with Crippen molar-refractivity contribution in [1.29, 1.82) is 0 Å². The first kappa shape index (κ1) is 38.1. The minimum atomic E-state index is -0.0589. The highest BCUT2D eigenvalue weighted by atomic mass is 32.1. The summed E-state index contributed by atoms with van der Waals surface area (Å²) in [5, 5.41) is 8.30. The topological polar surface area (TPSA) is 8.17 Å². The third-order valence-corrected chi connectivity index (χ3v) is 17.9. The smallest absolute Gasteiger partial charge is 0.333 e. The van der Waals surface area contributed by atoms with Crippen LogP contribution in [0.5, 0.6) is 0 Å². The van der Waals surface area contributed by atoms with Crippen molar-refractivity contribution in [3.8, 4) is 16.8 Å². The zero-order chi connectivity index (χ0) is 43.3. The molecule has 1 aliphatic carbocycles. The summed E-state index contributed by atoms with van der Waals surface area (Å²) < 4.78 is 8.22. The largest absolute Gasteiger partial charge is 0.376 e. The van der Waals surface area contributed by atoms with E-state index in [2.05, 4.69) is 194 Å². The Balaban J connectivity index is 1.29. The van der Waals surface area contributed by atoms with Crippen LogP contribution in [0.2, 0.25) is 0 Å². The summed E-state index contributed by atoms with van der Waals surface area (Å²) in [5.74, 6) is 0. The van der Waals surface area contributed by atoms with E-state index in [-0.39, 0.29) is 28.5 Å². The van der Waals surface area contributed by atoms with Gasteiger partial charge in [-0.2, -0.15) is 0 Å². The summed E-state index contributed by atoms with van der Waals surface area (Å²) in [7, 11) is 0. The number of fused-ring (bicyclic) bond motifs is 17. The summed E-state index contributed by atoms with van der Waals surface area (Å²) in [5.41, 5.74) is 18.1. The molecule has 3 aliphatic rings. The third-order valence-electron chi connectivity index (χ3n) is 15.5. The molecule has 13 rings (SSSR count). The molecule has 310 valence electrons. The van der Waals surface area contributed by atoms with Crippen molar-refractivity contribution in [1.82, 2.24) is 4.57 Å². The number of hydrogen-bond donors (Lipinski definition) is 0. The maximum absolute atomic E-state index is 2.75. The van der Waals surface area contributed by atoms with Gasteiger partial charge in [-0.25, -0.2) is 0 Å². The molecule has 5 heterocycles. The van der Waals surface area contributed by atoms with Gasteiger partial charge in [0, 0.05) is 73.7 Å². The molecule has 0 spiro atoms. The van der Waals surface area contributed by atoms with Gasteiger partial charge in [-0.1, -0.05) is 130 Å². The van der Waals surface area contributed by atoms with Crippen LogP contribution in [-0.4, -0.2) is 11.4 Å². The van der Waals surface area contributed by atoms with Crippen LogP contribution in [0.4, 0.5) is 11.4 Å². The first-order chi connectivity index (χ1) is 30.0. The van der Waals surface area contributed by atoms with E-state index in [1.807, 2.05) is 22.7 Å². The summed E-state index contributed by atoms with van der Waals surface area (Å²) >= 11 is 3.94. The molecule has 0 bridgehead atoms. The predicted molar refractivity (Wildman–Crippen MR) is 278 cm³/mol. The van der Waals surface area contributed by atoms with Gasteiger partial charge < -0.3 is 9.38 Å². The zero-order valence-electron chi connectivity index (χ0n) is 38.2. The molecule has 0 amide bonds. The Morgan fingerprint density at radius 1 is 0.556 bits per heavy atom. The van der Waals surface area contributed by atoms with Gasteiger partial charge in [-0.05, 0) is 128 Å². The molecule has 0 unspecified atom stereocenters. The van der Waals surface area contributed by atoms with E-state index in [0.29, 0.717) is 0 Å². The number of rotatable bonds is 1. The molecular weight excluding hydrogens is 800 g/mol. The van der Waals surface area contributed by atoms with Gasteiger partial charge in [0.2, 0.25) is 0 Å². The molecule has 0 atom stereocenters. The van der Waals surface area contributed by atoms with Gasteiger partial charge in [0.05, 0.1) is 11.0 Å². The minimum Gasteiger partial charge on any atom is -0.376 e. The molecular formula is C58H53BN2S2. The lowest BCUT2D eigenvalue weighted by atomic mass is 9.43. The van der Waals surface area contributed by atoms with Gasteiger partial charge in [0.15, 0.2) is 0 Å². The van der Waals surface area contributed by atoms with Gasteiger partial charge in [0.25, 0.3) is 0 Å². The van der Waals surface area contributed by atoms with Gasteiger partial charge in [0.1, 0.15) is 0 Å². The minimum absolute atomic E-state index is 0.0198. The lowest BCUT2D eigenvalue weighted by Gasteiger charge is -2.43. The second-order valence-electron chi connectivity index (χ2n) is 22.4. The van der Waals surface area contributed by atoms with Crippen LogP contribution < -0.4 is 15.7 Å². The van der Waals surface area contributed by atoms with Crippen LogP contribution in [-0.2, 0) is 21.7 Å². The lowest BCUT2D eigenvalue weighted by molar-refractivity contribution is 0.332. The van der Waals surface area contributed by atoms with Gasteiger partial charge in [-0.15, -0.1) is 22.7 Å². The Kier molecular flexibility index (Phi) is 7.42. The lowest BCUT2D eigenvalue weighted by Crippen LogP contribution is -2.60. The Bertz CT molecular complexity index is 3650. The van der Waals surface area contributed by atoms with Crippen LogP contribution in [0.3, 0.4) is 0 Å². The van der Waals surface area contributed by atoms with Crippen molar-refractivity contribution < 1.29 is 0 Å². The van der Waals surface area contributed by atoms with E-state index in [4.69, 9.17) is 0 Å². The molecule has 7 aromatic carbocycles. The monoisotopic (exact) mass is 852 g/mol. The van der Waals surface area contributed by atoms with E-state index < -0.39 is 0 Å². The average molecular weight is 853 g/mol. The number of benzene rings is 7. The van der Waals surface area contributed by atoms with Crippen LogP contribution in [0.25, 0.3) is 79.0 Å². The van der Waals surface area contributed by atoms with E-state index in [1.165, 1.54) is 136 Å². The van der Waals surface area contributed by atoms with Crippen LogP contribution >= 0.6 is 22.7 Å². The summed E-state index contributed by atoms with van der Waals surface area (Å²) in [6.45, 7) is 23.9. The number of anilines is 2. The molecule has 0 saturated heterocycles.